The molecule has 0 bridgehead atoms. The quantitative estimate of drug-likeness (QED) is 0.497. The number of esters is 1. The van der Waals surface area contributed by atoms with E-state index in [-0.39, 0.29) is 24.1 Å². The topological polar surface area (TPSA) is 106 Å². The second-order valence-corrected chi connectivity index (χ2v) is 8.75. The lowest BCUT2D eigenvalue weighted by molar-refractivity contribution is -0.144. The molecule has 1 saturated carbocycles. The third-order valence-electron chi connectivity index (χ3n) is 6.45. The molecule has 1 aromatic carbocycles. The molecule has 3 aromatic rings. The van der Waals surface area contributed by atoms with E-state index in [1.807, 2.05) is 25.1 Å². The number of aromatic nitrogens is 5. The second kappa shape index (κ2) is 10.2. The maximum atomic E-state index is 13.0. The van der Waals surface area contributed by atoms with Crippen LogP contribution in [0.25, 0.3) is 10.9 Å². The van der Waals surface area contributed by atoms with E-state index in [1.54, 1.807) is 6.92 Å². The number of H-pyrrole nitrogens is 1. The Morgan fingerprint density at radius 2 is 2.06 bits per heavy atom. The average molecular weight is 453 g/mol. The number of rotatable bonds is 9. The lowest BCUT2D eigenvalue weighted by atomic mass is 10.0. The van der Waals surface area contributed by atoms with Crippen molar-refractivity contribution in [2.45, 2.75) is 78.0 Å². The van der Waals surface area contributed by atoms with Crippen LogP contribution in [0.3, 0.4) is 0 Å². The van der Waals surface area contributed by atoms with Crippen LogP contribution >= 0.6 is 0 Å². The summed E-state index contributed by atoms with van der Waals surface area (Å²) in [4.78, 5) is 30.4. The zero-order valence-electron chi connectivity index (χ0n) is 19.6. The van der Waals surface area contributed by atoms with Gasteiger partial charge in [0.25, 0.3) is 5.56 Å². The summed E-state index contributed by atoms with van der Waals surface area (Å²) in [5, 5.41) is 13.2. The van der Waals surface area contributed by atoms with Crippen molar-refractivity contribution in [1.82, 2.24) is 30.1 Å². The van der Waals surface area contributed by atoms with Crippen molar-refractivity contribution < 1.29 is 9.53 Å². The van der Waals surface area contributed by atoms with E-state index in [1.165, 1.54) is 17.5 Å². The summed E-state index contributed by atoms with van der Waals surface area (Å²) in [5.41, 5.74) is 2.64. The third kappa shape index (κ3) is 5.13. The number of ether oxygens (including phenoxy) is 1. The number of aromatic amines is 1. The van der Waals surface area contributed by atoms with Crippen LogP contribution in [0, 0.1) is 6.92 Å². The SMILES string of the molecule is CCOC(=O)Cn1nnnc1[C@H](CC)N(Cc1cc2cc(C)ccc2[nH]c1=O)C1CCCC1. The van der Waals surface area contributed by atoms with Gasteiger partial charge in [-0.25, -0.2) is 4.68 Å². The van der Waals surface area contributed by atoms with E-state index in [0.717, 1.165) is 41.3 Å². The van der Waals surface area contributed by atoms with E-state index >= 15 is 0 Å². The number of fused-ring (bicyclic) bond motifs is 1. The van der Waals surface area contributed by atoms with E-state index in [2.05, 4.69) is 38.4 Å². The minimum Gasteiger partial charge on any atom is -0.465 e. The van der Waals surface area contributed by atoms with Gasteiger partial charge in [0.15, 0.2) is 5.82 Å². The van der Waals surface area contributed by atoms with Crippen LogP contribution in [0.5, 0.6) is 0 Å². The molecule has 1 aliphatic rings. The molecule has 0 spiro atoms. The second-order valence-electron chi connectivity index (χ2n) is 8.75. The number of pyridine rings is 1. The Bertz CT molecular complexity index is 1160. The van der Waals surface area contributed by atoms with Crippen molar-refractivity contribution in [3.8, 4) is 0 Å². The van der Waals surface area contributed by atoms with Gasteiger partial charge < -0.3 is 9.72 Å². The van der Waals surface area contributed by atoms with Crippen LogP contribution in [0.2, 0.25) is 0 Å². The van der Waals surface area contributed by atoms with Crippen molar-refractivity contribution in [2.24, 2.45) is 0 Å². The van der Waals surface area contributed by atoms with Gasteiger partial charge in [-0.05, 0) is 67.1 Å². The molecule has 1 N–H and O–H groups in total. The standard InChI is InChI=1S/C24H32N6O3/c1-4-21(23-26-27-28-30(23)15-22(31)33-5-2)29(19-8-6-7-9-19)14-18-13-17-12-16(3)10-11-20(17)25-24(18)32/h10-13,19,21H,4-9,14-15H2,1-3H3,(H,25,32)/t21-/m0/s1. The molecule has 1 atom stereocenters. The molecule has 2 heterocycles. The van der Waals surface area contributed by atoms with Crippen LogP contribution in [0.1, 0.15) is 68.9 Å². The zero-order valence-corrected chi connectivity index (χ0v) is 19.6. The molecule has 0 unspecified atom stereocenters. The van der Waals surface area contributed by atoms with Crippen LogP contribution in [-0.4, -0.2) is 48.7 Å². The first-order valence-corrected chi connectivity index (χ1v) is 11.8. The van der Waals surface area contributed by atoms with Gasteiger partial charge in [-0.15, -0.1) is 5.10 Å². The number of carbonyl (C=O) groups is 1. The maximum Gasteiger partial charge on any atom is 0.327 e. The normalized spacial score (nSPS) is 15.4. The largest absolute Gasteiger partial charge is 0.465 e. The molecule has 33 heavy (non-hydrogen) atoms. The molecular weight excluding hydrogens is 420 g/mol. The molecule has 2 aromatic heterocycles. The Morgan fingerprint density at radius 1 is 1.27 bits per heavy atom. The summed E-state index contributed by atoms with van der Waals surface area (Å²) in [6.07, 6.45) is 5.22. The zero-order chi connectivity index (χ0) is 23.4. The highest BCUT2D eigenvalue weighted by atomic mass is 16.5. The highest BCUT2D eigenvalue weighted by Gasteiger charge is 2.33. The lowest BCUT2D eigenvalue weighted by Crippen LogP contribution is -2.39. The fourth-order valence-corrected chi connectivity index (χ4v) is 4.87. The average Bonchev–Trinajstić information content (AvgIpc) is 3.47. The fourth-order valence-electron chi connectivity index (χ4n) is 4.87. The summed E-state index contributed by atoms with van der Waals surface area (Å²) >= 11 is 0. The smallest absolute Gasteiger partial charge is 0.327 e. The minimum absolute atomic E-state index is 0.0268. The van der Waals surface area contributed by atoms with E-state index < -0.39 is 0 Å². The molecule has 1 aliphatic carbocycles. The van der Waals surface area contributed by atoms with Gasteiger partial charge in [-0.2, -0.15) is 0 Å². The highest BCUT2D eigenvalue weighted by molar-refractivity contribution is 5.79. The van der Waals surface area contributed by atoms with Gasteiger partial charge >= 0.3 is 5.97 Å². The number of tetrazole rings is 1. The maximum absolute atomic E-state index is 13.0. The van der Waals surface area contributed by atoms with Gasteiger partial charge in [0.1, 0.15) is 6.54 Å². The molecule has 176 valence electrons. The summed E-state index contributed by atoms with van der Waals surface area (Å²) < 4.78 is 6.62. The molecule has 1 fully saturated rings. The Balaban J connectivity index is 1.69. The van der Waals surface area contributed by atoms with Crippen molar-refractivity contribution in [3.63, 3.8) is 0 Å². The molecule has 0 saturated heterocycles. The van der Waals surface area contributed by atoms with Crippen LogP contribution < -0.4 is 5.56 Å². The number of nitrogens with zero attached hydrogens (tertiary/aromatic N) is 5. The molecule has 9 nitrogen and oxygen atoms in total. The number of carbonyl (C=O) groups excluding carboxylic acids is 1. The van der Waals surface area contributed by atoms with Crippen molar-refractivity contribution in [3.05, 3.63) is 51.6 Å². The molecular formula is C24H32N6O3. The first kappa shape index (κ1) is 23.1. The first-order valence-electron chi connectivity index (χ1n) is 11.8. The lowest BCUT2D eigenvalue weighted by Gasteiger charge is -2.35. The van der Waals surface area contributed by atoms with Crippen LogP contribution in [0.4, 0.5) is 0 Å². The van der Waals surface area contributed by atoms with Gasteiger partial charge in [0.2, 0.25) is 0 Å². The molecule has 0 amide bonds. The van der Waals surface area contributed by atoms with Crippen molar-refractivity contribution >= 4 is 16.9 Å². The molecule has 9 heteroatoms. The predicted octanol–water partition coefficient (Wildman–Crippen LogP) is 3.28. The number of aryl methyl sites for hydroxylation is 1. The van der Waals surface area contributed by atoms with Crippen LogP contribution in [0.15, 0.2) is 29.1 Å². The highest BCUT2D eigenvalue weighted by Crippen LogP contribution is 2.33. The molecule has 0 radical (unpaired) electrons. The Morgan fingerprint density at radius 3 is 2.79 bits per heavy atom. The minimum atomic E-state index is -0.366. The monoisotopic (exact) mass is 452 g/mol. The van der Waals surface area contributed by atoms with E-state index in [0.29, 0.717) is 25.0 Å². The summed E-state index contributed by atoms with van der Waals surface area (Å²) in [7, 11) is 0. The summed E-state index contributed by atoms with van der Waals surface area (Å²) in [5.74, 6) is 0.264. The first-order chi connectivity index (χ1) is 16.0. The van der Waals surface area contributed by atoms with E-state index in [9.17, 15) is 9.59 Å². The summed E-state index contributed by atoms with van der Waals surface area (Å²) in [6.45, 7) is 6.69. The Labute approximate surface area is 193 Å². The number of nitrogens with one attached hydrogen (secondary N) is 1. The third-order valence-corrected chi connectivity index (χ3v) is 6.45. The van der Waals surface area contributed by atoms with Crippen molar-refractivity contribution in [1.29, 1.82) is 0 Å². The number of hydrogen-bond acceptors (Lipinski definition) is 7. The van der Waals surface area contributed by atoms with Crippen molar-refractivity contribution in [2.75, 3.05) is 6.61 Å². The van der Waals surface area contributed by atoms with Gasteiger partial charge in [-0.1, -0.05) is 31.4 Å². The summed E-state index contributed by atoms with van der Waals surface area (Å²) in [6, 6.07) is 8.24. The number of benzene rings is 1. The van der Waals surface area contributed by atoms with Gasteiger partial charge in [0, 0.05) is 23.7 Å². The molecule has 4 rings (SSSR count). The van der Waals surface area contributed by atoms with Gasteiger partial charge in [0.05, 0.1) is 12.6 Å². The molecule has 0 aliphatic heterocycles. The van der Waals surface area contributed by atoms with E-state index in [4.69, 9.17) is 4.74 Å². The predicted molar refractivity (Wildman–Crippen MR) is 125 cm³/mol. The fraction of sp³-hybridized carbons (Fsp3) is 0.542. The number of hydrogen-bond donors (Lipinski definition) is 1. The van der Waals surface area contributed by atoms with Crippen LogP contribution in [-0.2, 0) is 22.6 Å². The van der Waals surface area contributed by atoms with Gasteiger partial charge in [-0.3, -0.25) is 14.5 Å². The Kier molecular flexibility index (Phi) is 7.17. The Hall–Kier alpha value is -3.07.